The fourth-order valence-electron chi connectivity index (χ4n) is 6.90. The van der Waals surface area contributed by atoms with Crippen molar-refractivity contribution in [2.45, 2.75) is 63.8 Å². The molecule has 2 aliphatic rings. The molecule has 1 unspecified atom stereocenters. The Labute approximate surface area is 280 Å². The van der Waals surface area contributed by atoms with Crippen LogP contribution in [0, 0.1) is 5.92 Å². The molecule has 1 aliphatic carbocycles. The first-order chi connectivity index (χ1) is 23.4. The topological polar surface area (TPSA) is 114 Å². The quantitative estimate of drug-likeness (QED) is 0.145. The molecule has 5 aromatic rings. The van der Waals surface area contributed by atoms with Crippen molar-refractivity contribution in [1.29, 1.82) is 0 Å². The second kappa shape index (κ2) is 13.9. The molecule has 1 aromatic carbocycles. The van der Waals surface area contributed by atoms with Crippen LogP contribution in [0.3, 0.4) is 0 Å². The average molecular weight is 654 g/mol. The predicted molar refractivity (Wildman–Crippen MR) is 181 cm³/mol. The van der Waals surface area contributed by atoms with Crippen molar-refractivity contribution < 1.29 is 28.3 Å². The van der Waals surface area contributed by atoms with Gasteiger partial charge in [-0.05, 0) is 47.7 Å². The molecule has 252 valence electrons. The summed E-state index contributed by atoms with van der Waals surface area (Å²) in [7, 11) is 3.47. The number of aromatic nitrogens is 4. The molecule has 4 aromatic heterocycles. The van der Waals surface area contributed by atoms with Gasteiger partial charge in [0.15, 0.2) is 5.76 Å². The largest absolute Gasteiger partial charge is 0.474 e. The first kappa shape index (κ1) is 32.1. The van der Waals surface area contributed by atoms with Gasteiger partial charge in [-0.3, -0.25) is 14.7 Å². The molecule has 0 bridgehead atoms. The zero-order valence-electron chi connectivity index (χ0n) is 28.0. The van der Waals surface area contributed by atoms with Crippen LogP contribution in [-0.2, 0) is 21.3 Å². The Kier molecular flexibility index (Phi) is 9.32. The zero-order chi connectivity index (χ0) is 33.2. The van der Waals surface area contributed by atoms with E-state index in [1.165, 1.54) is 23.5 Å². The second-order valence-electron chi connectivity index (χ2n) is 13.2. The van der Waals surface area contributed by atoms with Gasteiger partial charge in [-0.2, -0.15) is 0 Å². The number of nitrogens with zero attached hydrogens (tertiary/aromatic N) is 5. The molecule has 1 atom stereocenters. The van der Waals surface area contributed by atoms with E-state index in [-0.39, 0.29) is 30.2 Å². The van der Waals surface area contributed by atoms with Crippen molar-refractivity contribution in [1.82, 2.24) is 24.6 Å². The Morgan fingerprint density at radius 2 is 1.75 bits per heavy atom. The summed E-state index contributed by atoms with van der Waals surface area (Å²) >= 11 is 0. The van der Waals surface area contributed by atoms with Gasteiger partial charge in [0, 0.05) is 92.1 Å². The highest BCUT2D eigenvalue weighted by Crippen LogP contribution is 2.34. The third kappa shape index (κ3) is 6.75. The Hall–Kier alpha value is -4.48. The lowest BCUT2D eigenvalue weighted by molar-refractivity contribution is -0.144. The Balaban J connectivity index is 0.815. The van der Waals surface area contributed by atoms with Gasteiger partial charge in [-0.1, -0.05) is 26.0 Å². The van der Waals surface area contributed by atoms with Crippen LogP contribution in [0.25, 0.3) is 32.9 Å². The number of pyridine rings is 2. The number of hydrogen-bond acceptors (Lipinski definition) is 10. The van der Waals surface area contributed by atoms with E-state index in [2.05, 4.69) is 62.0 Å². The Morgan fingerprint density at radius 1 is 0.938 bits per heavy atom. The SMILES string of the molecule is COC(=O)C(c1cc(OCCN2CCC(O[C@H]3C[C@H](Oc4ccc(-c5ccc6c7cnccc7n(C)c6c5)cn4)C3)CC2)no1)C(C)C. The maximum atomic E-state index is 12.1. The smallest absolute Gasteiger partial charge is 0.316 e. The lowest BCUT2D eigenvalue weighted by atomic mass is 9.91. The van der Waals surface area contributed by atoms with Gasteiger partial charge >= 0.3 is 5.97 Å². The number of esters is 1. The van der Waals surface area contributed by atoms with Crippen LogP contribution in [0.15, 0.2) is 65.6 Å². The van der Waals surface area contributed by atoms with Crippen molar-refractivity contribution in [3.05, 3.63) is 66.8 Å². The van der Waals surface area contributed by atoms with E-state index in [0.717, 1.165) is 61.8 Å². The minimum absolute atomic E-state index is 0.0254. The number of aryl methyl sites for hydroxylation is 1. The molecule has 1 saturated heterocycles. The van der Waals surface area contributed by atoms with Crippen molar-refractivity contribution in [2.75, 3.05) is 33.4 Å². The monoisotopic (exact) mass is 653 g/mol. The summed E-state index contributed by atoms with van der Waals surface area (Å²) in [6.45, 7) is 7.10. The number of carbonyl (C=O) groups excluding carboxylic acids is 1. The minimum atomic E-state index is -0.498. The molecule has 5 heterocycles. The number of methoxy groups -OCH3 is 1. The third-order valence-corrected chi connectivity index (χ3v) is 9.73. The fraction of sp³-hybridized carbons (Fsp3) is 0.459. The summed E-state index contributed by atoms with van der Waals surface area (Å²) < 4.78 is 30.9. The normalized spacial score (nSPS) is 19.4. The van der Waals surface area contributed by atoms with Gasteiger partial charge in [0.25, 0.3) is 5.88 Å². The number of ether oxygens (including phenoxy) is 4. The molecule has 0 N–H and O–H groups in total. The van der Waals surface area contributed by atoms with Crippen molar-refractivity contribution in [3.8, 4) is 22.9 Å². The first-order valence-corrected chi connectivity index (χ1v) is 16.9. The van der Waals surface area contributed by atoms with Gasteiger partial charge in [0.05, 0.1) is 24.8 Å². The summed E-state index contributed by atoms with van der Waals surface area (Å²) in [6.07, 6.45) is 10.1. The highest BCUT2D eigenvalue weighted by molar-refractivity contribution is 6.08. The minimum Gasteiger partial charge on any atom is -0.474 e. The van der Waals surface area contributed by atoms with Crippen LogP contribution in [0.5, 0.6) is 11.8 Å². The average Bonchev–Trinajstić information content (AvgIpc) is 3.66. The lowest BCUT2D eigenvalue weighted by Gasteiger charge is -2.39. The van der Waals surface area contributed by atoms with Gasteiger partial charge in [0.2, 0.25) is 5.88 Å². The van der Waals surface area contributed by atoms with Gasteiger partial charge < -0.3 is 28.0 Å². The fourth-order valence-corrected chi connectivity index (χ4v) is 6.90. The maximum absolute atomic E-state index is 12.1. The number of piperidine rings is 1. The van der Waals surface area contributed by atoms with Gasteiger partial charge in [-0.15, -0.1) is 0 Å². The van der Waals surface area contributed by atoms with Crippen LogP contribution in [0.4, 0.5) is 0 Å². The molecule has 48 heavy (non-hydrogen) atoms. The van der Waals surface area contributed by atoms with Crippen LogP contribution in [-0.4, -0.2) is 82.2 Å². The predicted octanol–water partition coefficient (Wildman–Crippen LogP) is 6.16. The molecule has 1 saturated carbocycles. The number of likely N-dealkylation sites (tertiary alicyclic amines) is 1. The third-order valence-electron chi connectivity index (χ3n) is 9.73. The second-order valence-corrected chi connectivity index (χ2v) is 13.2. The number of fused-ring (bicyclic) bond motifs is 3. The summed E-state index contributed by atoms with van der Waals surface area (Å²) in [5, 5.41) is 6.35. The molecule has 2 fully saturated rings. The van der Waals surface area contributed by atoms with Crippen LogP contribution in [0.2, 0.25) is 0 Å². The van der Waals surface area contributed by atoms with E-state index < -0.39 is 5.92 Å². The number of benzene rings is 1. The van der Waals surface area contributed by atoms with Crippen LogP contribution in [0.1, 0.15) is 51.2 Å². The highest BCUT2D eigenvalue weighted by Gasteiger charge is 2.35. The summed E-state index contributed by atoms with van der Waals surface area (Å²) in [5.41, 5.74) is 4.53. The number of carbonyl (C=O) groups is 1. The Morgan fingerprint density at radius 3 is 2.50 bits per heavy atom. The standard InChI is InChI=1S/C37H43N5O6/c1-23(2)36(37(43)44-4)33-20-35(40-48-33)45-16-15-42-13-10-26(11-14-42)46-27-18-28(19-27)47-34-8-6-25(21-39-34)24-5-7-29-30-22-38-12-9-31(30)41(3)32(29)17-24/h5-9,12,17,20-23,26-28,36H,10-11,13-16,18-19H2,1-4H3/t27-,28-,36?. The maximum Gasteiger partial charge on any atom is 0.316 e. The Bertz CT molecular complexity index is 1850. The van der Waals surface area contributed by atoms with Crippen LogP contribution < -0.4 is 9.47 Å². The van der Waals surface area contributed by atoms with Crippen molar-refractivity contribution >= 4 is 27.8 Å². The van der Waals surface area contributed by atoms with E-state index in [1.54, 1.807) is 6.07 Å². The van der Waals surface area contributed by atoms with E-state index >= 15 is 0 Å². The summed E-state index contributed by atoms with van der Waals surface area (Å²) in [6, 6.07) is 14.3. The zero-order valence-corrected chi connectivity index (χ0v) is 28.0. The van der Waals surface area contributed by atoms with Crippen LogP contribution >= 0.6 is 0 Å². The number of hydrogen-bond donors (Lipinski definition) is 0. The lowest BCUT2D eigenvalue weighted by Crippen LogP contribution is -2.45. The molecular weight excluding hydrogens is 610 g/mol. The van der Waals surface area contributed by atoms with Crippen molar-refractivity contribution in [3.63, 3.8) is 0 Å². The van der Waals surface area contributed by atoms with Crippen molar-refractivity contribution in [2.24, 2.45) is 13.0 Å². The first-order valence-electron chi connectivity index (χ1n) is 16.9. The molecule has 11 nitrogen and oxygen atoms in total. The summed E-state index contributed by atoms with van der Waals surface area (Å²) in [4.78, 5) is 23.4. The van der Waals surface area contributed by atoms with E-state index in [4.69, 9.17) is 23.5 Å². The van der Waals surface area contributed by atoms with Gasteiger partial charge in [0.1, 0.15) is 18.6 Å². The molecule has 0 radical (unpaired) electrons. The highest BCUT2D eigenvalue weighted by atomic mass is 16.5. The van der Waals surface area contributed by atoms with Gasteiger partial charge in [-0.25, -0.2) is 4.98 Å². The molecular formula is C37H43N5O6. The number of rotatable bonds is 12. The molecule has 11 heteroatoms. The van der Waals surface area contributed by atoms with E-state index in [9.17, 15) is 4.79 Å². The van der Waals surface area contributed by atoms with E-state index in [0.29, 0.717) is 24.1 Å². The molecule has 0 amide bonds. The molecule has 7 rings (SSSR count). The summed E-state index contributed by atoms with van der Waals surface area (Å²) in [5.74, 6) is 0.698. The molecule has 0 spiro atoms. The molecule has 1 aliphatic heterocycles. The van der Waals surface area contributed by atoms with E-state index in [1.807, 2.05) is 38.5 Å².